The summed E-state index contributed by atoms with van der Waals surface area (Å²) in [6, 6.07) is 69.8. The van der Waals surface area contributed by atoms with Crippen molar-refractivity contribution in [1.29, 1.82) is 0 Å². The molecule has 2 aromatic heterocycles. The Hall–Kier alpha value is -7.10. The van der Waals surface area contributed by atoms with Gasteiger partial charge in [0.05, 0.1) is 22.1 Å². The number of nitrogens with zero attached hydrogens (tertiary/aromatic N) is 2. The molecule has 11 rings (SSSR count). The molecule has 3 nitrogen and oxygen atoms in total. The minimum Gasteiger partial charge on any atom is -0.455 e. The van der Waals surface area contributed by atoms with Crippen LogP contribution in [0.3, 0.4) is 0 Å². The molecule has 0 aliphatic heterocycles. The highest BCUT2D eigenvalue weighted by atomic mass is 16.3. The molecule has 0 aliphatic carbocycles. The fourth-order valence-electron chi connectivity index (χ4n) is 8.29. The Morgan fingerprint density at radius 2 is 1.04 bits per heavy atom. The van der Waals surface area contributed by atoms with Gasteiger partial charge in [0.15, 0.2) is 0 Å². The summed E-state index contributed by atoms with van der Waals surface area (Å²) in [6.07, 6.45) is 0. The van der Waals surface area contributed by atoms with Gasteiger partial charge in [0.25, 0.3) is 0 Å². The molecule has 0 unspecified atom stereocenters. The zero-order valence-electron chi connectivity index (χ0n) is 28.8. The van der Waals surface area contributed by atoms with E-state index in [1.165, 1.54) is 49.1 Å². The molecule has 0 fully saturated rings. The van der Waals surface area contributed by atoms with Crippen LogP contribution in [0.15, 0.2) is 199 Å². The summed E-state index contributed by atoms with van der Waals surface area (Å²) in [5.74, 6) is 0. The molecule has 0 aliphatic rings. The maximum Gasteiger partial charge on any atom is 0.143 e. The normalized spacial score (nSPS) is 11.8. The number of benzene rings is 9. The SMILES string of the molecule is c1cc(N(c2ccc(-c3ccc4ccccc4c3)cc2)c2cccc3oc4c5ccccc5ccc4c23)cc(-n2c3ccccc3c3ccccc32)c1. The quantitative estimate of drug-likeness (QED) is 0.181. The maximum atomic E-state index is 6.69. The average Bonchev–Trinajstić information content (AvgIpc) is 3.78. The second-order valence-corrected chi connectivity index (χ2v) is 13.7. The zero-order valence-corrected chi connectivity index (χ0v) is 28.8. The van der Waals surface area contributed by atoms with Crippen LogP contribution in [-0.4, -0.2) is 4.57 Å². The molecule has 0 N–H and O–H groups in total. The van der Waals surface area contributed by atoms with E-state index in [2.05, 4.69) is 204 Å². The molecule has 2 heterocycles. The average molecular weight is 677 g/mol. The predicted octanol–water partition coefficient (Wildman–Crippen LogP) is 14.1. The van der Waals surface area contributed by atoms with E-state index in [1.807, 2.05) is 0 Å². The summed E-state index contributed by atoms with van der Waals surface area (Å²) in [4.78, 5) is 2.38. The van der Waals surface area contributed by atoms with E-state index in [1.54, 1.807) is 0 Å². The van der Waals surface area contributed by atoms with Gasteiger partial charge >= 0.3 is 0 Å². The number of aromatic nitrogens is 1. The molecule has 11 aromatic rings. The highest BCUT2D eigenvalue weighted by Crippen LogP contribution is 2.45. The van der Waals surface area contributed by atoms with Gasteiger partial charge in [-0.25, -0.2) is 0 Å². The van der Waals surface area contributed by atoms with Gasteiger partial charge in [0.1, 0.15) is 11.2 Å². The zero-order chi connectivity index (χ0) is 34.9. The van der Waals surface area contributed by atoms with Crippen molar-refractivity contribution in [2.75, 3.05) is 4.90 Å². The fraction of sp³-hybridized carbons (Fsp3) is 0. The van der Waals surface area contributed by atoms with Crippen LogP contribution in [0.5, 0.6) is 0 Å². The standard InChI is InChI=1S/C50H32N2O/c1-2-13-36-31-37(24-23-33(36)11-1)34-25-28-38(29-26-34)51(47-21-10-22-48-49(47)44-30-27-35-12-3-4-16-41(35)50(44)53-48)39-14-9-15-40(32-39)52-45-19-7-5-17-42(45)43-18-6-8-20-46(43)52/h1-32H. The number of rotatable bonds is 5. The molecule has 0 bridgehead atoms. The van der Waals surface area contributed by atoms with Gasteiger partial charge in [-0.2, -0.15) is 0 Å². The van der Waals surface area contributed by atoms with E-state index in [4.69, 9.17) is 4.42 Å². The Morgan fingerprint density at radius 3 is 1.83 bits per heavy atom. The highest BCUT2D eigenvalue weighted by molar-refractivity contribution is 6.19. The van der Waals surface area contributed by atoms with Crippen molar-refractivity contribution < 1.29 is 4.42 Å². The van der Waals surface area contributed by atoms with Gasteiger partial charge in [0.2, 0.25) is 0 Å². The summed E-state index contributed by atoms with van der Waals surface area (Å²) >= 11 is 0. The second kappa shape index (κ2) is 11.7. The first-order valence-corrected chi connectivity index (χ1v) is 18.1. The van der Waals surface area contributed by atoms with Gasteiger partial charge < -0.3 is 13.9 Å². The van der Waals surface area contributed by atoms with E-state index in [0.717, 1.165) is 50.1 Å². The lowest BCUT2D eigenvalue weighted by Crippen LogP contribution is -2.11. The number of para-hydroxylation sites is 2. The number of hydrogen-bond acceptors (Lipinski definition) is 2. The molecule has 0 saturated carbocycles. The van der Waals surface area contributed by atoms with E-state index < -0.39 is 0 Å². The topological polar surface area (TPSA) is 21.3 Å². The molecule has 9 aromatic carbocycles. The Labute approximate surface area is 306 Å². The molecule has 0 atom stereocenters. The Kier molecular flexibility index (Phi) is 6.55. The molecular weight excluding hydrogens is 645 g/mol. The van der Waals surface area contributed by atoms with E-state index >= 15 is 0 Å². The molecular formula is C50H32N2O. The fourth-order valence-corrected chi connectivity index (χ4v) is 8.29. The van der Waals surface area contributed by atoms with Crippen molar-refractivity contribution in [3.05, 3.63) is 194 Å². The predicted molar refractivity (Wildman–Crippen MR) is 223 cm³/mol. The van der Waals surface area contributed by atoms with E-state index in [9.17, 15) is 0 Å². The van der Waals surface area contributed by atoms with E-state index in [0.29, 0.717) is 0 Å². The minimum absolute atomic E-state index is 0.866. The lowest BCUT2D eigenvalue weighted by Gasteiger charge is -2.27. The van der Waals surface area contributed by atoms with Gasteiger partial charge in [-0.15, -0.1) is 0 Å². The van der Waals surface area contributed by atoms with Crippen LogP contribution in [0.4, 0.5) is 17.1 Å². The van der Waals surface area contributed by atoms with Crippen LogP contribution >= 0.6 is 0 Å². The van der Waals surface area contributed by atoms with Gasteiger partial charge in [-0.3, -0.25) is 0 Å². The van der Waals surface area contributed by atoms with Crippen molar-refractivity contribution in [1.82, 2.24) is 4.57 Å². The van der Waals surface area contributed by atoms with Crippen molar-refractivity contribution >= 4 is 82.4 Å². The van der Waals surface area contributed by atoms with Crippen LogP contribution in [0.2, 0.25) is 0 Å². The lowest BCUT2D eigenvalue weighted by atomic mass is 10.0. The summed E-state index contributed by atoms with van der Waals surface area (Å²) in [6.45, 7) is 0. The van der Waals surface area contributed by atoms with Crippen LogP contribution in [0.1, 0.15) is 0 Å². The summed E-state index contributed by atoms with van der Waals surface area (Å²) in [7, 11) is 0. The Bertz CT molecular complexity index is 3130. The molecule has 248 valence electrons. The van der Waals surface area contributed by atoms with Gasteiger partial charge in [-0.1, -0.05) is 127 Å². The first kappa shape index (κ1) is 29.6. The minimum atomic E-state index is 0.866. The highest BCUT2D eigenvalue weighted by Gasteiger charge is 2.21. The molecule has 0 amide bonds. The van der Waals surface area contributed by atoms with Crippen molar-refractivity contribution in [2.24, 2.45) is 0 Å². The van der Waals surface area contributed by atoms with Crippen LogP contribution in [0, 0.1) is 0 Å². The molecule has 3 heteroatoms. The largest absolute Gasteiger partial charge is 0.455 e. The number of furan rings is 1. The van der Waals surface area contributed by atoms with Gasteiger partial charge in [-0.05, 0) is 94.0 Å². The maximum absolute atomic E-state index is 6.69. The molecule has 0 saturated heterocycles. The van der Waals surface area contributed by atoms with E-state index in [-0.39, 0.29) is 0 Å². The van der Waals surface area contributed by atoms with Crippen LogP contribution < -0.4 is 4.90 Å². The third-order valence-electron chi connectivity index (χ3n) is 10.7. The molecule has 0 spiro atoms. The lowest BCUT2D eigenvalue weighted by molar-refractivity contribution is 0.672. The smallest absolute Gasteiger partial charge is 0.143 e. The molecule has 53 heavy (non-hydrogen) atoms. The first-order valence-electron chi connectivity index (χ1n) is 18.1. The summed E-state index contributed by atoms with van der Waals surface area (Å²) in [5, 5.41) is 9.46. The van der Waals surface area contributed by atoms with Gasteiger partial charge in [0, 0.05) is 38.6 Å². The van der Waals surface area contributed by atoms with Crippen LogP contribution in [-0.2, 0) is 0 Å². The monoisotopic (exact) mass is 676 g/mol. The van der Waals surface area contributed by atoms with Crippen LogP contribution in [0.25, 0.3) is 82.1 Å². The summed E-state index contributed by atoms with van der Waals surface area (Å²) < 4.78 is 9.07. The first-order chi connectivity index (χ1) is 26.3. The number of hydrogen-bond donors (Lipinski definition) is 0. The number of fused-ring (bicyclic) bond motifs is 9. The van der Waals surface area contributed by atoms with Crippen molar-refractivity contribution in [3.8, 4) is 16.8 Å². The Balaban J connectivity index is 1.13. The molecule has 0 radical (unpaired) electrons. The second-order valence-electron chi connectivity index (χ2n) is 13.7. The van der Waals surface area contributed by atoms with Crippen molar-refractivity contribution in [3.63, 3.8) is 0 Å². The summed E-state index contributed by atoms with van der Waals surface area (Å²) in [5.41, 5.74) is 10.8. The van der Waals surface area contributed by atoms with Crippen molar-refractivity contribution in [2.45, 2.75) is 0 Å². The number of anilines is 3. The third kappa shape index (κ3) is 4.68. The third-order valence-corrected chi connectivity index (χ3v) is 10.7. The Morgan fingerprint density at radius 1 is 0.396 bits per heavy atom.